The monoisotopic (exact) mass is 377 g/mol. The molecule has 28 heavy (non-hydrogen) atoms. The van der Waals surface area contributed by atoms with Crippen molar-refractivity contribution < 1.29 is 4.74 Å². The molecular formula is C22H27N5O. The summed E-state index contributed by atoms with van der Waals surface area (Å²) in [4.78, 5) is 6.39. The number of hydrogen-bond acceptors (Lipinski definition) is 5. The summed E-state index contributed by atoms with van der Waals surface area (Å²) in [5.41, 5.74) is 1.40. The Kier molecular flexibility index (Phi) is 5.85. The van der Waals surface area contributed by atoms with Crippen LogP contribution in [-0.4, -0.2) is 39.4 Å². The number of aryl methyl sites for hydroxylation is 1. The van der Waals surface area contributed by atoms with Crippen molar-refractivity contribution in [3.05, 3.63) is 60.7 Å². The Hall–Kier alpha value is -2.89. The number of piperidine rings is 1. The Morgan fingerprint density at radius 3 is 2.39 bits per heavy atom. The minimum atomic E-state index is 0.717. The highest BCUT2D eigenvalue weighted by molar-refractivity contribution is 5.40. The van der Waals surface area contributed by atoms with Gasteiger partial charge in [-0.3, -0.25) is 4.57 Å². The van der Waals surface area contributed by atoms with Gasteiger partial charge in [0.15, 0.2) is 11.6 Å². The van der Waals surface area contributed by atoms with Gasteiger partial charge in [-0.15, -0.1) is 10.2 Å². The Bertz CT molecular complexity index is 838. The van der Waals surface area contributed by atoms with Crippen molar-refractivity contribution in [2.45, 2.75) is 32.6 Å². The van der Waals surface area contributed by atoms with Crippen LogP contribution < -0.4 is 9.64 Å². The van der Waals surface area contributed by atoms with E-state index in [9.17, 15) is 0 Å². The van der Waals surface area contributed by atoms with E-state index in [0.29, 0.717) is 6.61 Å². The minimum absolute atomic E-state index is 0.717. The molecule has 0 unspecified atom stereocenters. The van der Waals surface area contributed by atoms with Gasteiger partial charge in [0.1, 0.15) is 12.1 Å². The first kappa shape index (κ1) is 18.5. The number of imidazole rings is 1. The molecule has 6 nitrogen and oxygen atoms in total. The summed E-state index contributed by atoms with van der Waals surface area (Å²) >= 11 is 0. The number of nitrogens with zero attached hydrogens (tertiary/aromatic N) is 5. The predicted octanol–water partition coefficient (Wildman–Crippen LogP) is 3.91. The van der Waals surface area contributed by atoms with Crippen LogP contribution in [0, 0.1) is 5.92 Å². The summed E-state index contributed by atoms with van der Waals surface area (Å²) < 4.78 is 7.38. The quantitative estimate of drug-likeness (QED) is 0.625. The summed E-state index contributed by atoms with van der Waals surface area (Å²) in [7, 11) is 0. The third-order valence-corrected chi connectivity index (χ3v) is 5.42. The second-order valence-corrected chi connectivity index (χ2v) is 7.27. The van der Waals surface area contributed by atoms with Gasteiger partial charge in [-0.05, 0) is 68.4 Å². The van der Waals surface area contributed by atoms with Gasteiger partial charge in [0.2, 0.25) is 0 Å². The summed E-state index contributed by atoms with van der Waals surface area (Å²) in [6.07, 6.45) is 10.2. The number of rotatable bonds is 7. The molecule has 3 aromatic rings. The number of benzene rings is 1. The van der Waals surface area contributed by atoms with E-state index in [2.05, 4.69) is 50.4 Å². The zero-order chi connectivity index (χ0) is 19.2. The van der Waals surface area contributed by atoms with Crippen LogP contribution in [0.2, 0.25) is 0 Å². The molecule has 1 aliphatic heterocycles. The molecule has 0 atom stereocenters. The van der Waals surface area contributed by atoms with E-state index in [1.807, 2.05) is 23.8 Å². The highest BCUT2D eigenvalue weighted by Gasteiger charge is 2.20. The van der Waals surface area contributed by atoms with Crippen LogP contribution in [0.25, 0.3) is 5.82 Å². The van der Waals surface area contributed by atoms with E-state index in [1.165, 1.54) is 24.8 Å². The Labute approximate surface area is 166 Å². The van der Waals surface area contributed by atoms with Crippen LogP contribution >= 0.6 is 0 Å². The molecule has 0 bridgehead atoms. The molecule has 3 heterocycles. The largest absolute Gasteiger partial charge is 0.494 e. The van der Waals surface area contributed by atoms with Gasteiger partial charge >= 0.3 is 0 Å². The lowest BCUT2D eigenvalue weighted by molar-refractivity contribution is 0.340. The first-order valence-electron chi connectivity index (χ1n) is 10.1. The molecule has 6 heteroatoms. The van der Waals surface area contributed by atoms with E-state index in [-0.39, 0.29) is 0 Å². The van der Waals surface area contributed by atoms with Crippen molar-refractivity contribution in [3.63, 3.8) is 0 Å². The van der Waals surface area contributed by atoms with Gasteiger partial charge in [0.05, 0.1) is 6.61 Å². The molecule has 1 saturated heterocycles. The maximum absolute atomic E-state index is 5.52. The Balaban J connectivity index is 1.25. The first-order valence-corrected chi connectivity index (χ1v) is 10.1. The minimum Gasteiger partial charge on any atom is -0.494 e. The number of anilines is 1. The van der Waals surface area contributed by atoms with E-state index < -0.39 is 0 Å². The van der Waals surface area contributed by atoms with Crippen molar-refractivity contribution in [3.8, 4) is 11.6 Å². The predicted molar refractivity (Wildman–Crippen MR) is 110 cm³/mol. The topological polar surface area (TPSA) is 56.1 Å². The summed E-state index contributed by atoms with van der Waals surface area (Å²) in [6.45, 7) is 4.83. The van der Waals surface area contributed by atoms with Crippen LogP contribution in [0.5, 0.6) is 5.75 Å². The fraction of sp³-hybridized carbons (Fsp3) is 0.409. The molecule has 1 aromatic carbocycles. The smallest absolute Gasteiger partial charge is 0.160 e. The summed E-state index contributed by atoms with van der Waals surface area (Å²) in [5, 5.41) is 8.75. The van der Waals surface area contributed by atoms with Crippen molar-refractivity contribution in [1.29, 1.82) is 0 Å². The molecule has 0 N–H and O–H groups in total. The van der Waals surface area contributed by atoms with Gasteiger partial charge in [0, 0.05) is 25.5 Å². The van der Waals surface area contributed by atoms with Gasteiger partial charge in [-0.25, -0.2) is 4.98 Å². The van der Waals surface area contributed by atoms with E-state index in [1.54, 1.807) is 12.5 Å². The molecule has 0 aliphatic carbocycles. The van der Waals surface area contributed by atoms with Crippen LogP contribution in [0.3, 0.4) is 0 Å². The average Bonchev–Trinajstić information content (AvgIpc) is 3.29. The molecule has 4 rings (SSSR count). The number of ether oxygens (including phenoxy) is 1. The summed E-state index contributed by atoms with van der Waals surface area (Å²) in [5.74, 6) is 3.50. The second-order valence-electron chi connectivity index (χ2n) is 7.27. The molecule has 0 radical (unpaired) electrons. The lowest BCUT2D eigenvalue weighted by Gasteiger charge is -2.32. The lowest BCUT2D eigenvalue weighted by atomic mass is 9.90. The maximum atomic E-state index is 5.52. The number of hydrogen-bond donors (Lipinski definition) is 0. The molecule has 146 valence electrons. The van der Waals surface area contributed by atoms with Crippen molar-refractivity contribution in [2.75, 3.05) is 24.6 Å². The molecule has 1 fully saturated rings. The van der Waals surface area contributed by atoms with Gasteiger partial charge in [0.25, 0.3) is 0 Å². The normalized spacial score (nSPS) is 15.0. The standard InChI is InChI=1S/C22H27N5O/c1-2-28-20-7-5-18(6-8-20)3-4-19-11-14-26(15-12-19)21-9-10-22(25-24-21)27-16-13-23-17-27/h5-10,13,16-17,19H,2-4,11-12,14-15H2,1H3. The highest BCUT2D eigenvalue weighted by atomic mass is 16.5. The van der Waals surface area contributed by atoms with Crippen LogP contribution in [0.4, 0.5) is 5.82 Å². The van der Waals surface area contributed by atoms with Gasteiger partial charge < -0.3 is 9.64 Å². The third kappa shape index (κ3) is 4.50. The molecular weight excluding hydrogens is 350 g/mol. The van der Waals surface area contributed by atoms with E-state index >= 15 is 0 Å². The van der Waals surface area contributed by atoms with E-state index in [0.717, 1.165) is 42.8 Å². The zero-order valence-electron chi connectivity index (χ0n) is 16.4. The SMILES string of the molecule is CCOc1ccc(CCC2CCN(c3ccc(-n4ccnc4)nn3)CC2)cc1. The highest BCUT2D eigenvalue weighted by Crippen LogP contribution is 2.25. The second kappa shape index (κ2) is 8.87. The molecule has 2 aromatic heterocycles. The van der Waals surface area contributed by atoms with Crippen molar-refractivity contribution in [1.82, 2.24) is 19.7 Å². The van der Waals surface area contributed by atoms with Crippen molar-refractivity contribution >= 4 is 5.82 Å². The third-order valence-electron chi connectivity index (χ3n) is 5.42. The van der Waals surface area contributed by atoms with Gasteiger partial charge in [-0.1, -0.05) is 12.1 Å². The maximum Gasteiger partial charge on any atom is 0.160 e. The zero-order valence-corrected chi connectivity index (χ0v) is 16.4. The molecule has 0 amide bonds. The van der Waals surface area contributed by atoms with Crippen LogP contribution in [0.15, 0.2) is 55.1 Å². The van der Waals surface area contributed by atoms with Crippen LogP contribution in [-0.2, 0) is 6.42 Å². The summed E-state index contributed by atoms with van der Waals surface area (Å²) in [6, 6.07) is 12.6. The fourth-order valence-corrected chi connectivity index (χ4v) is 3.76. The van der Waals surface area contributed by atoms with Crippen LogP contribution in [0.1, 0.15) is 31.7 Å². The van der Waals surface area contributed by atoms with Crippen molar-refractivity contribution in [2.24, 2.45) is 5.92 Å². The molecule has 1 aliphatic rings. The fourth-order valence-electron chi connectivity index (χ4n) is 3.76. The molecule has 0 saturated carbocycles. The first-order chi connectivity index (χ1) is 13.8. The average molecular weight is 377 g/mol. The number of aromatic nitrogens is 4. The lowest BCUT2D eigenvalue weighted by Crippen LogP contribution is -2.34. The van der Waals surface area contributed by atoms with E-state index in [4.69, 9.17) is 4.74 Å². The molecule has 0 spiro atoms. The Morgan fingerprint density at radius 1 is 1.00 bits per heavy atom. The Morgan fingerprint density at radius 2 is 1.75 bits per heavy atom. The van der Waals surface area contributed by atoms with Gasteiger partial charge in [-0.2, -0.15) is 0 Å².